The predicted molar refractivity (Wildman–Crippen MR) is 124 cm³/mol. The molecule has 0 atom stereocenters. The number of rotatable bonds is 11. The highest BCUT2D eigenvalue weighted by Crippen LogP contribution is 2.30. The van der Waals surface area contributed by atoms with Gasteiger partial charge >= 0.3 is 0 Å². The van der Waals surface area contributed by atoms with E-state index in [9.17, 15) is 5.26 Å². The van der Waals surface area contributed by atoms with Crippen LogP contribution in [0.2, 0.25) is 0 Å². The standard InChI is InChI=1S/C25H30N4O3/c1-5-18-15-21(30-13-7-6-12-27-4)9-10-22(18)24-28-25(32-29-24)19-8-11-23(31-17(2)3)20(14-19)16-26/h8-11,14-15,17,27H,5-7,12-13H2,1-4H3. The summed E-state index contributed by atoms with van der Waals surface area (Å²) >= 11 is 0. The maximum absolute atomic E-state index is 9.47. The summed E-state index contributed by atoms with van der Waals surface area (Å²) in [4.78, 5) is 4.58. The van der Waals surface area contributed by atoms with Gasteiger partial charge < -0.3 is 19.3 Å². The Morgan fingerprint density at radius 2 is 2.00 bits per heavy atom. The minimum Gasteiger partial charge on any atom is -0.494 e. The first-order chi connectivity index (χ1) is 15.5. The van der Waals surface area contributed by atoms with Gasteiger partial charge in [0.1, 0.15) is 17.6 Å². The van der Waals surface area contributed by atoms with Gasteiger partial charge in [0, 0.05) is 11.1 Å². The van der Waals surface area contributed by atoms with Crippen molar-refractivity contribution in [3.63, 3.8) is 0 Å². The number of nitriles is 1. The van der Waals surface area contributed by atoms with Crippen molar-refractivity contribution in [2.24, 2.45) is 0 Å². The quantitative estimate of drug-likeness (QED) is 0.424. The Balaban J connectivity index is 1.78. The molecule has 0 unspecified atom stereocenters. The van der Waals surface area contributed by atoms with Crippen LogP contribution in [0.5, 0.6) is 11.5 Å². The molecule has 0 aliphatic rings. The number of nitrogens with one attached hydrogen (secondary N) is 1. The molecule has 1 heterocycles. The SMILES string of the molecule is CCc1cc(OCCCCNC)ccc1-c1noc(-c2ccc(OC(C)C)c(C#N)c2)n1. The molecule has 3 rings (SSSR count). The van der Waals surface area contributed by atoms with Gasteiger partial charge in [0.15, 0.2) is 0 Å². The first kappa shape index (κ1) is 23.3. The maximum atomic E-state index is 9.47. The number of nitrogens with zero attached hydrogens (tertiary/aromatic N) is 3. The molecule has 0 bridgehead atoms. The number of unbranched alkanes of at least 4 members (excludes halogenated alkanes) is 1. The Morgan fingerprint density at radius 3 is 2.72 bits per heavy atom. The van der Waals surface area contributed by atoms with Crippen LogP contribution in [-0.2, 0) is 6.42 Å². The van der Waals surface area contributed by atoms with Crippen LogP contribution in [0.1, 0.15) is 44.7 Å². The molecule has 0 fully saturated rings. The molecule has 2 aromatic carbocycles. The Bertz CT molecular complexity index is 1070. The van der Waals surface area contributed by atoms with Gasteiger partial charge in [-0.2, -0.15) is 10.2 Å². The van der Waals surface area contributed by atoms with E-state index in [1.165, 1.54) is 0 Å². The van der Waals surface area contributed by atoms with E-state index < -0.39 is 0 Å². The van der Waals surface area contributed by atoms with E-state index in [4.69, 9.17) is 14.0 Å². The van der Waals surface area contributed by atoms with Crippen molar-refractivity contribution in [3.05, 3.63) is 47.5 Å². The van der Waals surface area contributed by atoms with Crippen molar-refractivity contribution in [1.29, 1.82) is 5.26 Å². The van der Waals surface area contributed by atoms with Gasteiger partial charge in [-0.05, 0) is 88.7 Å². The molecule has 7 heteroatoms. The molecular formula is C25H30N4O3. The molecule has 0 spiro atoms. The summed E-state index contributed by atoms with van der Waals surface area (Å²) in [6, 6.07) is 13.4. The average Bonchev–Trinajstić information content (AvgIpc) is 3.28. The van der Waals surface area contributed by atoms with Crippen molar-refractivity contribution >= 4 is 0 Å². The fourth-order valence-corrected chi connectivity index (χ4v) is 3.32. The van der Waals surface area contributed by atoms with Crippen LogP contribution in [0.3, 0.4) is 0 Å². The third-order valence-electron chi connectivity index (χ3n) is 4.92. The number of aromatic nitrogens is 2. The Hall–Kier alpha value is -3.37. The van der Waals surface area contributed by atoms with E-state index in [0.29, 0.717) is 35.2 Å². The van der Waals surface area contributed by atoms with E-state index in [1.54, 1.807) is 12.1 Å². The Labute approximate surface area is 189 Å². The second kappa shape index (κ2) is 11.3. The normalized spacial score (nSPS) is 10.9. The van der Waals surface area contributed by atoms with E-state index >= 15 is 0 Å². The molecule has 0 amide bonds. The van der Waals surface area contributed by atoms with E-state index in [2.05, 4.69) is 28.5 Å². The minimum absolute atomic E-state index is 0.0178. The van der Waals surface area contributed by atoms with Crippen LogP contribution < -0.4 is 14.8 Å². The lowest BCUT2D eigenvalue weighted by Gasteiger charge is -2.11. The molecular weight excluding hydrogens is 404 g/mol. The van der Waals surface area contributed by atoms with Gasteiger partial charge in [-0.3, -0.25) is 0 Å². The second-order valence-corrected chi connectivity index (χ2v) is 7.74. The van der Waals surface area contributed by atoms with Crippen molar-refractivity contribution < 1.29 is 14.0 Å². The lowest BCUT2D eigenvalue weighted by atomic mass is 10.0. The molecule has 32 heavy (non-hydrogen) atoms. The monoisotopic (exact) mass is 434 g/mol. The largest absolute Gasteiger partial charge is 0.494 e. The molecule has 1 N–H and O–H groups in total. The third-order valence-corrected chi connectivity index (χ3v) is 4.92. The summed E-state index contributed by atoms with van der Waals surface area (Å²) in [5, 5.41) is 16.8. The molecule has 7 nitrogen and oxygen atoms in total. The van der Waals surface area contributed by atoms with Crippen LogP contribution in [0.15, 0.2) is 40.9 Å². The highest BCUT2D eigenvalue weighted by Gasteiger charge is 2.16. The van der Waals surface area contributed by atoms with Gasteiger partial charge in [-0.1, -0.05) is 12.1 Å². The maximum Gasteiger partial charge on any atom is 0.258 e. The Kier molecular flexibility index (Phi) is 8.23. The molecule has 168 valence electrons. The van der Waals surface area contributed by atoms with Gasteiger partial charge in [0.05, 0.1) is 18.3 Å². The second-order valence-electron chi connectivity index (χ2n) is 7.74. The first-order valence-electron chi connectivity index (χ1n) is 11.0. The zero-order valence-corrected chi connectivity index (χ0v) is 19.1. The summed E-state index contributed by atoms with van der Waals surface area (Å²) < 4.78 is 17.1. The molecule has 1 aromatic heterocycles. The van der Waals surface area contributed by atoms with Crippen LogP contribution in [0.25, 0.3) is 22.8 Å². The van der Waals surface area contributed by atoms with Crippen molar-refractivity contribution in [3.8, 4) is 40.4 Å². The molecule has 0 aliphatic carbocycles. The number of ether oxygens (including phenoxy) is 2. The lowest BCUT2D eigenvalue weighted by molar-refractivity contribution is 0.241. The molecule has 0 aliphatic heterocycles. The number of aryl methyl sites for hydroxylation is 1. The van der Waals surface area contributed by atoms with Gasteiger partial charge in [0.2, 0.25) is 5.82 Å². The predicted octanol–water partition coefficient (Wildman–Crippen LogP) is 5.00. The van der Waals surface area contributed by atoms with Gasteiger partial charge in [-0.15, -0.1) is 0 Å². The minimum atomic E-state index is -0.0178. The number of hydrogen-bond donors (Lipinski definition) is 1. The first-order valence-corrected chi connectivity index (χ1v) is 11.0. The number of hydrogen-bond acceptors (Lipinski definition) is 7. The van der Waals surface area contributed by atoms with Crippen LogP contribution in [0.4, 0.5) is 0 Å². The van der Waals surface area contributed by atoms with E-state index in [0.717, 1.165) is 42.7 Å². The molecule has 0 saturated heterocycles. The summed E-state index contributed by atoms with van der Waals surface area (Å²) in [6.45, 7) is 7.61. The molecule has 3 aromatic rings. The van der Waals surface area contributed by atoms with Gasteiger partial charge in [0.25, 0.3) is 5.89 Å². The smallest absolute Gasteiger partial charge is 0.258 e. The fraction of sp³-hybridized carbons (Fsp3) is 0.400. The Morgan fingerprint density at radius 1 is 1.16 bits per heavy atom. The third kappa shape index (κ3) is 5.86. The fourth-order valence-electron chi connectivity index (χ4n) is 3.32. The van der Waals surface area contributed by atoms with Crippen LogP contribution >= 0.6 is 0 Å². The van der Waals surface area contributed by atoms with Crippen molar-refractivity contribution in [2.75, 3.05) is 20.2 Å². The zero-order chi connectivity index (χ0) is 22.9. The highest BCUT2D eigenvalue weighted by molar-refractivity contribution is 5.65. The lowest BCUT2D eigenvalue weighted by Crippen LogP contribution is -2.09. The molecule has 0 radical (unpaired) electrons. The summed E-state index contributed by atoms with van der Waals surface area (Å²) in [5.74, 6) is 2.26. The van der Waals surface area contributed by atoms with Crippen molar-refractivity contribution in [1.82, 2.24) is 15.5 Å². The topological polar surface area (TPSA) is 93.2 Å². The number of benzene rings is 2. The zero-order valence-electron chi connectivity index (χ0n) is 19.1. The summed E-state index contributed by atoms with van der Waals surface area (Å²) in [6.07, 6.45) is 2.88. The average molecular weight is 435 g/mol. The van der Waals surface area contributed by atoms with E-state index in [1.807, 2.05) is 45.2 Å². The van der Waals surface area contributed by atoms with Gasteiger partial charge in [-0.25, -0.2) is 0 Å². The molecule has 0 saturated carbocycles. The summed E-state index contributed by atoms with van der Waals surface area (Å²) in [7, 11) is 1.95. The van der Waals surface area contributed by atoms with E-state index in [-0.39, 0.29) is 6.10 Å². The van der Waals surface area contributed by atoms with Crippen LogP contribution in [0, 0.1) is 11.3 Å². The van der Waals surface area contributed by atoms with Crippen LogP contribution in [-0.4, -0.2) is 36.4 Å². The van der Waals surface area contributed by atoms with Crippen molar-refractivity contribution in [2.45, 2.75) is 46.1 Å². The highest BCUT2D eigenvalue weighted by atomic mass is 16.5. The summed E-state index contributed by atoms with van der Waals surface area (Å²) in [5.41, 5.74) is 3.10.